The molecule has 82 valence electrons. The fraction of sp³-hybridized carbons (Fsp3) is 0.571. The summed E-state index contributed by atoms with van der Waals surface area (Å²) in [6.45, 7) is 9.33. The van der Waals surface area contributed by atoms with Gasteiger partial charge in [-0.2, -0.15) is 0 Å². The molecule has 1 aliphatic rings. The van der Waals surface area contributed by atoms with Crippen LogP contribution in [0.25, 0.3) is 0 Å². The Kier molecular flexibility index (Phi) is 2.38. The zero-order valence-corrected chi connectivity index (χ0v) is 10.8. The number of alkyl halides is 1. The zero-order valence-electron chi connectivity index (χ0n) is 10.0. The second-order valence-corrected chi connectivity index (χ2v) is 6.23. The minimum absolute atomic E-state index is 0.293. The van der Waals surface area contributed by atoms with Crippen molar-refractivity contribution in [3.8, 4) is 0 Å². The summed E-state index contributed by atoms with van der Waals surface area (Å²) in [6.07, 6.45) is 1.22. The van der Waals surface area contributed by atoms with Crippen molar-refractivity contribution in [3.05, 3.63) is 34.9 Å². The predicted molar refractivity (Wildman–Crippen MR) is 66.7 cm³/mol. The highest BCUT2D eigenvalue weighted by molar-refractivity contribution is 6.17. The van der Waals surface area contributed by atoms with Crippen LogP contribution in [0, 0.1) is 0 Å². The maximum Gasteiger partial charge on any atom is 0.0474 e. The maximum absolute atomic E-state index is 5.89. The molecule has 0 spiro atoms. The highest BCUT2D eigenvalue weighted by atomic mass is 35.5. The van der Waals surface area contributed by atoms with Crippen molar-refractivity contribution in [2.75, 3.05) is 0 Å². The fourth-order valence-electron chi connectivity index (χ4n) is 3.12. The molecule has 2 rings (SSSR count). The summed E-state index contributed by atoms with van der Waals surface area (Å²) in [4.78, 5) is 0. The molecule has 0 radical (unpaired) electrons. The lowest BCUT2D eigenvalue weighted by molar-refractivity contribution is 0.403. The number of benzene rings is 1. The van der Waals surface area contributed by atoms with E-state index < -0.39 is 0 Å². The minimum atomic E-state index is 0.293. The van der Waals surface area contributed by atoms with E-state index in [-0.39, 0.29) is 0 Å². The molecule has 0 aromatic heterocycles. The first-order valence-electron chi connectivity index (χ1n) is 5.57. The Morgan fingerprint density at radius 3 is 2.27 bits per heavy atom. The summed E-state index contributed by atoms with van der Waals surface area (Å²) in [7, 11) is 0. The molecule has 0 N–H and O–H groups in total. The Labute approximate surface area is 97.6 Å². The molecule has 15 heavy (non-hydrogen) atoms. The average molecular weight is 223 g/mol. The maximum atomic E-state index is 5.89. The van der Waals surface area contributed by atoms with E-state index in [1.54, 1.807) is 0 Å². The van der Waals surface area contributed by atoms with Gasteiger partial charge in [0, 0.05) is 5.88 Å². The van der Waals surface area contributed by atoms with Crippen molar-refractivity contribution in [1.82, 2.24) is 0 Å². The highest BCUT2D eigenvalue weighted by Crippen LogP contribution is 2.49. The number of hydrogen-bond donors (Lipinski definition) is 0. The molecule has 1 aromatic rings. The first kappa shape index (κ1) is 11.0. The third-order valence-corrected chi connectivity index (χ3v) is 3.89. The Bertz CT molecular complexity index is 388. The Hall–Kier alpha value is -0.490. The average Bonchev–Trinajstić information content (AvgIpc) is 2.32. The van der Waals surface area contributed by atoms with Gasteiger partial charge in [-0.3, -0.25) is 0 Å². The first-order chi connectivity index (χ1) is 6.87. The van der Waals surface area contributed by atoms with E-state index in [1.807, 2.05) is 0 Å². The Morgan fingerprint density at radius 2 is 1.67 bits per heavy atom. The molecule has 0 atom stereocenters. The van der Waals surface area contributed by atoms with Gasteiger partial charge in [-0.25, -0.2) is 0 Å². The van der Waals surface area contributed by atoms with Crippen LogP contribution in [0.3, 0.4) is 0 Å². The van der Waals surface area contributed by atoms with Crippen LogP contribution in [-0.2, 0) is 16.7 Å². The molecule has 0 bridgehead atoms. The summed E-state index contributed by atoms with van der Waals surface area (Å²) in [5, 5.41) is 0. The van der Waals surface area contributed by atoms with Gasteiger partial charge in [0.1, 0.15) is 0 Å². The summed E-state index contributed by atoms with van der Waals surface area (Å²) in [5.41, 5.74) is 4.83. The summed E-state index contributed by atoms with van der Waals surface area (Å²) < 4.78 is 0. The van der Waals surface area contributed by atoms with Gasteiger partial charge < -0.3 is 0 Å². The molecule has 0 heterocycles. The zero-order chi connectivity index (χ0) is 11.3. The molecule has 0 saturated heterocycles. The monoisotopic (exact) mass is 222 g/mol. The quantitative estimate of drug-likeness (QED) is 0.619. The lowest BCUT2D eigenvalue weighted by atomic mass is 9.82. The van der Waals surface area contributed by atoms with E-state index in [4.69, 9.17) is 11.6 Å². The van der Waals surface area contributed by atoms with E-state index in [2.05, 4.69) is 45.9 Å². The van der Waals surface area contributed by atoms with Crippen LogP contribution in [0.4, 0.5) is 0 Å². The highest BCUT2D eigenvalue weighted by Gasteiger charge is 2.41. The SMILES string of the molecule is CC1(C)CC(C)(C)c2cc(CCl)ccc21. The van der Waals surface area contributed by atoms with Gasteiger partial charge >= 0.3 is 0 Å². The van der Waals surface area contributed by atoms with Gasteiger partial charge in [-0.1, -0.05) is 45.9 Å². The van der Waals surface area contributed by atoms with Gasteiger partial charge in [0.15, 0.2) is 0 Å². The molecule has 1 aromatic carbocycles. The summed E-state index contributed by atoms with van der Waals surface area (Å²) in [5.74, 6) is 0.615. The molecule has 0 fully saturated rings. The van der Waals surface area contributed by atoms with Gasteiger partial charge in [0.2, 0.25) is 0 Å². The minimum Gasteiger partial charge on any atom is -0.122 e. The molecule has 1 heteroatoms. The molecule has 1 aliphatic carbocycles. The number of halogens is 1. The molecule has 0 amide bonds. The molecule has 0 unspecified atom stereocenters. The van der Waals surface area contributed by atoms with Gasteiger partial charge in [0.05, 0.1) is 0 Å². The third-order valence-electron chi connectivity index (χ3n) is 3.58. The van der Waals surface area contributed by atoms with Gasteiger partial charge in [0.25, 0.3) is 0 Å². The lowest BCUT2D eigenvalue weighted by Gasteiger charge is -2.22. The van der Waals surface area contributed by atoms with Crippen LogP contribution < -0.4 is 0 Å². The molecule has 0 aliphatic heterocycles. The van der Waals surface area contributed by atoms with Crippen LogP contribution in [-0.4, -0.2) is 0 Å². The Balaban J connectivity index is 2.60. The predicted octanol–water partition coefficient (Wildman–Crippen LogP) is 4.38. The number of fused-ring (bicyclic) bond motifs is 1. The second-order valence-electron chi connectivity index (χ2n) is 5.96. The van der Waals surface area contributed by atoms with Crippen LogP contribution in [0.1, 0.15) is 50.8 Å². The van der Waals surface area contributed by atoms with Gasteiger partial charge in [-0.05, 0) is 33.9 Å². The van der Waals surface area contributed by atoms with E-state index in [0.29, 0.717) is 16.7 Å². The van der Waals surface area contributed by atoms with Crippen LogP contribution in [0.15, 0.2) is 18.2 Å². The first-order valence-corrected chi connectivity index (χ1v) is 6.10. The van der Waals surface area contributed by atoms with Crippen LogP contribution in [0.5, 0.6) is 0 Å². The topological polar surface area (TPSA) is 0 Å². The number of rotatable bonds is 1. The summed E-state index contributed by atoms with van der Waals surface area (Å²) in [6, 6.07) is 6.72. The molecule has 0 saturated carbocycles. The van der Waals surface area contributed by atoms with Crippen molar-refractivity contribution < 1.29 is 0 Å². The largest absolute Gasteiger partial charge is 0.122 e. The van der Waals surface area contributed by atoms with E-state index in [1.165, 1.54) is 23.1 Å². The van der Waals surface area contributed by atoms with E-state index in [9.17, 15) is 0 Å². The molecular formula is C14H19Cl. The third kappa shape index (κ3) is 1.69. The Morgan fingerprint density at radius 1 is 1.07 bits per heavy atom. The smallest absolute Gasteiger partial charge is 0.0474 e. The second kappa shape index (κ2) is 3.25. The summed E-state index contributed by atoms with van der Waals surface area (Å²) >= 11 is 5.89. The number of hydrogen-bond acceptors (Lipinski definition) is 0. The van der Waals surface area contributed by atoms with Crippen LogP contribution >= 0.6 is 11.6 Å². The normalized spacial score (nSPS) is 21.4. The van der Waals surface area contributed by atoms with Crippen molar-refractivity contribution >= 4 is 11.6 Å². The van der Waals surface area contributed by atoms with E-state index in [0.717, 1.165) is 0 Å². The van der Waals surface area contributed by atoms with Crippen molar-refractivity contribution in [2.24, 2.45) is 0 Å². The standard InChI is InChI=1S/C14H19Cl/c1-13(2)9-14(3,4)12-7-10(8-15)5-6-11(12)13/h5-7H,8-9H2,1-4H3. The van der Waals surface area contributed by atoms with E-state index >= 15 is 0 Å². The van der Waals surface area contributed by atoms with Crippen molar-refractivity contribution in [3.63, 3.8) is 0 Å². The lowest BCUT2D eigenvalue weighted by Crippen LogP contribution is -2.17. The molecule has 0 nitrogen and oxygen atoms in total. The van der Waals surface area contributed by atoms with Gasteiger partial charge in [-0.15, -0.1) is 11.6 Å². The van der Waals surface area contributed by atoms with Crippen LogP contribution in [0.2, 0.25) is 0 Å². The van der Waals surface area contributed by atoms with Crippen molar-refractivity contribution in [1.29, 1.82) is 0 Å². The molecular weight excluding hydrogens is 204 g/mol. The fourth-order valence-corrected chi connectivity index (χ4v) is 3.29. The van der Waals surface area contributed by atoms with Crippen molar-refractivity contribution in [2.45, 2.75) is 50.8 Å².